The first-order valence-corrected chi connectivity index (χ1v) is 15.1. The van der Waals surface area contributed by atoms with Crippen LogP contribution in [-0.4, -0.2) is 16.5 Å². The van der Waals surface area contributed by atoms with Gasteiger partial charge in [-0.25, -0.2) is 0 Å². The molecule has 200 valence electrons. The molecule has 1 aliphatic heterocycles. The maximum Gasteiger partial charge on any atom is 0.0468 e. The van der Waals surface area contributed by atoms with Crippen LogP contribution in [0.4, 0.5) is 5.69 Å². The normalized spacial score (nSPS) is 23.1. The zero-order valence-electron chi connectivity index (χ0n) is 23.3. The summed E-state index contributed by atoms with van der Waals surface area (Å²) in [5.74, 6) is 0.674. The average molecular weight is 540 g/mol. The number of aromatic nitrogens is 2. The van der Waals surface area contributed by atoms with Crippen molar-refractivity contribution in [3.8, 4) is 0 Å². The predicted octanol–water partition coefficient (Wildman–Crippen LogP) is 9.63. The molecule has 3 aliphatic carbocycles. The molecule has 3 heterocycles. The van der Waals surface area contributed by atoms with Crippen LogP contribution in [0.15, 0.2) is 120 Å². The second-order valence-electron chi connectivity index (χ2n) is 12.3. The molecule has 1 atom stereocenters. The number of anilines is 1. The van der Waals surface area contributed by atoms with Crippen LogP contribution in [-0.2, 0) is 0 Å². The number of fused-ring (bicyclic) bond motifs is 7. The van der Waals surface area contributed by atoms with Crippen LogP contribution in [0.25, 0.3) is 43.6 Å². The van der Waals surface area contributed by atoms with Crippen molar-refractivity contribution in [2.24, 2.45) is 0 Å². The van der Waals surface area contributed by atoms with Gasteiger partial charge in [0.25, 0.3) is 0 Å². The van der Waals surface area contributed by atoms with Crippen LogP contribution < -0.4 is 5.32 Å². The number of rotatable bonds is 0. The van der Waals surface area contributed by atoms with E-state index in [1.54, 1.807) is 0 Å². The minimum Gasteiger partial charge on any atom is -0.381 e. The molecule has 3 heteroatoms. The van der Waals surface area contributed by atoms with Gasteiger partial charge in [-0.1, -0.05) is 73.7 Å². The lowest BCUT2D eigenvalue weighted by atomic mass is 9.58. The van der Waals surface area contributed by atoms with E-state index in [2.05, 4.69) is 131 Å². The third-order valence-corrected chi connectivity index (χ3v) is 10.1. The number of aromatic amines is 2. The van der Waals surface area contributed by atoms with Gasteiger partial charge in [-0.2, -0.15) is 0 Å². The van der Waals surface area contributed by atoms with E-state index in [1.165, 1.54) is 88.3 Å². The zero-order chi connectivity index (χ0) is 27.5. The van der Waals surface area contributed by atoms with Crippen LogP contribution in [0.5, 0.6) is 0 Å². The second-order valence-corrected chi connectivity index (χ2v) is 12.3. The molecule has 4 aliphatic rings. The van der Waals surface area contributed by atoms with E-state index in [4.69, 9.17) is 0 Å². The molecule has 7 aromatic rings. The summed E-state index contributed by atoms with van der Waals surface area (Å²) in [6.45, 7) is 3.17. The summed E-state index contributed by atoms with van der Waals surface area (Å²) in [6.07, 6.45) is 5.04. The lowest BCUT2D eigenvalue weighted by molar-refractivity contribution is 0.732. The summed E-state index contributed by atoms with van der Waals surface area (Å²) < 4.78 is 0. The number of benzene rings is 5. The van der Waals surface area contributed by atoms with Gasteiger partial charge in [0.2, 0.25) is 0 Å². The molecule has 3 nitrogen and oxygen atoms in total. The maximum absolute atomic E-state index is 3.75. The monoisotopic (exact) mass is 539 g/mol. The number of para-hydroxylation sites is 3. The predicted molar refractivity (Wildman–Crippen MR) is 175 cm³/mol. The van der Waals surface area contributed by atoms with Gasteiger partial charge < -0.3 is 15.3 Å². The smallest absolute Gasteiger partial charge is 0.0468 e. The Morgan fingerprint density at radius 1 is 0.524 bits per heavy atom. The molecule has 2 bridgehead atoms. The Balaban J connectivity index is 1.31. The van der Waals surface area contributed by atoms with Crippen LogP contribution in [0.2, 0.25) is 0 Å². The van der Waals surface area contributed by atoms with Gasteiger partial charge in [-0.3, -0.25) is 0 Å². The van der Waals surface area contributed by atoms with Gasteiger partial charge in [0.05, 0.1) is 0 Å². The second kappa shape index (κ2) is 8.04. The van der Waals surface area contributed by atoms with Crippen molar-refractivity contribution in [2.45, 2.75) is 24.7 Å². The number of hydrogen-bond donors (Lipinski definition) is 3. The number of allylic oxidation sites excluding steroid dienone is 3. The van der Waals surface area contributed by atoms with Crippen LogP contribution in [0, 0.1) is 0 Å². The van der Waals surface area contributed by atoms with E-state index in [9.17, 15) is 0 Å². The highest BCUT2D eigenvalue weighted by molar-refractivity contribution is 6.09. The van der Waals surface area contributed by atoms with Gasteiger partial charge in [0.1, 0.15) is 0 Å². The summed E-state index contributed by atoms with van der Waals surface area (Å²) in [4.78, 5) is 7.46. The number of hydrogen-bond acceptors (Lipinski definition) is 1. The third-order valence-electron chi connectivity index (χ3n) is 10.1. The molecule has 0 saturated carbocycles. The highest BCUT2D eigenvalue weighted by Gasteiger charge is 2.44. The van der Waals surface area contributed by atoms with E-state index in [0.717, 1.165) is 6.54 Å². The van der Waals surface area contributed by atoms with Crippen molar-refractivity contribution in [2.75, 3.05) is 11.9 Å². The standard InChI is InChI=1S/C39H29N3/c1-21-16-28-25(14-15-40-33-11-5-2-8-22(21)33)38-31-19-36-26(23-9-3-6-12-34(23)41-36)17-29(31)39(28)30-18-27-24-10-4-7-13-35(24)42-37(27)20-32(30)38/h2-14,16-21,38-42H,15H2,1H3/b25-14+,28-16+. The Labute approximate surface area is 243 Å². The average Bonchev–Trinajstić information content (AvgIpc) is 3.58. The highest BCUT2D eigenvalue weighted by atomic mass is 14.9. The summed E-state index contributed by atoms with van der Waals surface area (Å²) in [6, 6.07) is 36.2. The summed E-state index contributed by atoms with van der Waals surface area (Å²) in [5.41, 5.74) is 16.2. The lowest BCUT2D eigenvalue weighted by Gasteiger charge is -2.44. The molecular formula is C39H29N3. The molecule has 0 spiro atoms. The van der Waals surface area contributed by atoms with Gasteiger partial charge in [0.15, 0.2) is 0 Å². The van der Waals surface area contributed by atoms with Crippen molar-refractivity contribution in [1.82, 2.24) is 9.97 Å². The minimum atomic E-state index is 0.188. The largest absolute Gasteiger partial charge is 0.381 e. The van der Waals surface area contributed by atoms with E-state index >= 15 is 0 Å². The SMILES string of the molecule is CC1/C=C2\C(=C/CNc3ccccc31)C1c3cc4[nH]c5ccccc5c4cc3C2c2cc3c(cc21)[nH]c1ccccc13. The Morgan fingerprint density at radius 3 is 1.74 bits per heavy atom. The first-order valence-electron chi connectivity index (χ1n) is 15.1. The Kier molecular flexibility index (Phi) is 4.34. The van der Waals surface area contributed by atoms with Crippen LogP contribution in [0.3, 0.4) is 0 Å². The van der Waals surface area contributed by atoms with Gasteiger partial charge >= 0.3 is 0 Å². The van der Waals surface area contributed by atoms with Gasteiger partial charge in [-0.15, -0.1) is 0 Å². The Bertz CT molecular complexity index is 2220. The Morgan fingerprint density at radius 2 is 1.07 bits per heavy atom. The maximum atomic E-state index is 3.75. The number of H-pyrrole nitrogens is 2. The fourth-order valence-electron chi connectivity index (χ4n) is 8.31. The fourth-order valence-corrected chi connectivity index (χ4v) is 8.31. The quantitative estimate of drug-likeness (QED) is 0.176. The molecule has 0 radical (unpaired) electrons. The van der Waals surface area contributed by atoms with E-state index < -0.39 is 0 Å². The summed E-state index contributed by atoms with van der Waals surface area (Å²) >= 11 is 0. The third kappa shape index (κ3) is 2.90. The first kappa shape index (κ1) is 22.6. The van der Waals surface area contributed by atoms with Crippen molar-refractivity contribution in [1.29, 1.82) is 0 Å². The van der Waals surface area contributed by atoms with Gasteiger partial charge in [-0.05, 0) is 81.4 Å². The minimum absolute atomic E-state index is 0.188. The van der Waals surface area contributed by atoms with E-state index in [-0.39, 0.29) is 11.8 Å². The Hall–Kier alpha value is -5.02. The van der Waals surface area contributed by atoms with Crippen molar-refractivity contribution in [3.05, 3.63) is 148 Å². The van der Waals surface area contributed by atoms with E-state index in [0.29, 0.717) is 5.92 Å². The molecule has 0 amide bonds. The van der Waals surface area contributed by atoms with Gasteiger partial charge in [0, 0.05) is 73.6 Å². The molecule has 11 rings (SSSR count). The molecule has 1 unspecified atom stereocenters. The molecule has 0 saturated heterocycles. The van der Waals surface area contributed by atoms with Crippen molar-refractivity contribution < 1.29 is 0 Å². The molecule has 0 fully saturated rings. The molecule has 42 heavy (non-hydrogen) atoms. The van der Waals surface area contributed by atoms with Crippen molar-refractivity contribution in [3.63, 3.8) is 0 Å². The summed E-state index contributed by atoms with van der Waals surface area (Å²) in [7, 11) is 0. The zero-order valence-corrected chi connectivity index (χ0v) is 23.3. The molecule has 5 aromatic carbocycles. The highest BCUT2D eigenvalue weighted by Crippen LogP contribution is 2.60. The van der Waals surface area contributed by atoms with Crippen LogP contribution >= 0.6 is 0 Å². The first-order chi connectivity index (χ1) is 20.7. The fraction of sp³-hybridized carbons (Fsp3) is 0.128. The topological polar surface area (TPSA) is 43.6 Å². The van der Waals surface area contributed by atoms with Crippen LogP contribution in [0.1, 0.15) is 52.5 Å². The van der Waals surface area contributed by atoms with Crippen molar-refractivity contribution >= 4 is 49.3 Å². The summed E-state index contributed by atoms with van der Waals surface area (Å²) in [5, 5.41) is 8.99. The van der Waals surface area contributed by atoms with E-state index in [1.807, 2.05) is 0 Å². The molecular weight excluding hydrogens is 510 g/mol. The number of nitrogens with one attached hydrogen (secondary N) is 3. The molecule has 2 aromatic heterocycles. The molecule has 3 N–H and O–H groups in total. The lowest BCUT2D eigenvalue weighted by Crippen LogP contribution is -2.29.